The molecule has 158 valence electrons. The first kappa shape index (κ1) is 21.9. The van der Waals surface area contributed by atoms with Crippen LogP contribution in [0.5, 0.6) is 0 Å². The molecule has 4 rings (SSSR count). The van der Waals surface area contributed by atoms with Crippen molar-refractivity contribution in [3.8, 4) is 5.69 Å². The number of nitrogens with zero attached hydrogens (tertiary/aromatic N) is 2. The third-order valence-corrected chi connectivity index (χ3v) is 7.21. The molecule has 0 spiro atoms. The van der Waals surface area contributed by atoms with Crippen LogP contribution in [0.3, 0.4) is 0 Å². The van der Waals surface area contributed by atoms with Gasteiger partial charge in [-0.2, -0.15) is 5.10 Å². The van der Waals surface area contributed by atoms with Gasteiger partial charge in [-0.3, -0.25) is 9.67 Å². The van der Waals surface area contributed by atoms with Crippen molar-refractivity contribution in [3.63, 3.8) is 0 Å². The molecule has 9 heteroatoms. The Kier molecular flexibility index (Phi) is 6.65. The van der Waals surface area contributed by atoms with Crippen LogP contribution in [0.15, 0.2) is 89.8 Å². The summed E-state index contributed by atoms with van der Waals surface area (Å²) in [5.74, 6) is 0.495. The predicted octanol–water partition coefficient (Wildman–Crippen LogP) is 4.80. The molecule has 1 atom stereocenters. The highest BCUT2D eigenvalue weighted by atomic mass is 127. The number of rotatable bonds is 7. The van der Waals surface area contributed by atoms with E-state index < -0.39 is 16.1 Å². The van der Waals surface area contributed by atoms with Crippen molar-refractivity contribution in [2.75, 3.05) is 0 Å². The van der Waals surface area contributed by atoms with Gasteiger partial charge >= 0.3 is 0 Å². The predicted molar refractivity (Wildman–Crippen MR) is 131 cm³/mol. The molecule has 0 unspecified atom stereocenters. The molecule has 0 fully saturated rings. The second-order valence-corrected chi connectivity index (χ2v) is 10.2. The highest BCUT2D eigenvalue weighted by Crippen LogP contribution is 2.24. The molecule has 3 aromatic carbocycles. The largest absolute Gasteiger partial charge is 0.271 e. The molecule has 2 N–H and O–H groups in total. The van der Waals surface area contributed by atoms with E-state index in [9.17, 15) is 8.42 Å². The molecule has 31 heavy (non-hydrogen) atoms. The number of H-pyrrole nitrogens is 1. The maximum atomic E-state index is 13.1. The van der Waals surface area contributed by atoms with Crippen molar-refractivity contribution in [2.24, 2.45) is 0 Å². The highest BCUT2D eigenvalue weighted by molar-refractivity contribution is 14.1. The van der Waals surface area contributed by atoms with Crippen molar-refractivity contribution in [3.05, 3.63) is 105 Å². The summed E-state index contributed by atoms with van der Waals surface area (Å²) in [5.41, 5.74) is 1.79. The Balaban J connectivity index is 1.79. The first-order chi connectivity index (χ1) is 14.9. The molecule has 4 aromatic rings. The molecule has 0 saturated carbocycles. The monoisotopic (exact) mass is 562 g/mol. The van der Waals surface area contributed by atoms with E-state index in [1.165, 1.54) is 0 Å². The SMILES string of the molecule is O=S(=O)(N[C@H](Cc1ccccc1)c1n[nH]c(=S)n1-c1ccc(I)cc1)c1ccccc1. The summed E-state index contributed by atoms with van der Waals surface area (Å²) in [6.07, 6.45) is 0.414. The Bertz CT molecular complexity index is 1320. The second kappa shape index (κ2) is 9.43. The Morgan fingerprint density at radius 3 is 2.23 bits per heavy atom. The maximum absolute atomic E-state index is 13.1. The summed E-state index contributed by atoms with van der Waals surface area (Å²) in [4.78, 5) is 0.197. The fourth-order valence-electron chi connectivity index (χ4n) is 3.27. The van der Waals surface area contributed by atoms with Crippen LogP contribution in [-0.4, -0.2) is 23.2 Å². The number of hydrogen-bond acceptors (Lipinski definition) is 4. The third-order valence-electron chi connectivity index (χ3n) is 4.73. The summed E-state index contributed by atoms with van der Waals surface area (Å²) >= 11 is 7.71. The van der Waals surface area contributed by atoms with E-state index in [-0.39, 0.29) is 4.90 Å². The summed E-state index contributed by atoms with van der Waals surface area (Å²) in [7, 11) is -3.78. The van der Waals surface area contributed by atoms with Gasteiger partial charge in [0, 0.05) is 9.26 Å². The van der Waals surface area contributed by atoms with Gasteiger partial charge in [0.15, 0.2) is 10.6 Å². The van der Waals surface area contributed by atoms with Crippen LogP contribution in [0.1, 0.15) is 17.4 Å². The Morgan fingerprint density at radius 2 is 1.58 bits per heavy atom. The number of hydrogen-bond donors (Lipinski definition) is 2. The number of nitrogens with one attached hydrogen (secondary N) is 2. The lowest BCUT2D eigenvalue weighted by Gasteiger charge is -2.19. The standard InChI is InChI=1S/C22H19IN4O2S2/c23-17-11-13-18(14-12-17)27-21(24-25-22(27)30)20(15-16-7-3-1-4-8-16)26-31(28,29)19-9-5-2-6-10-19/h1-14,20,26H,15H2,(H,25,30)/t20-/m1/s1. The molecule has 0 aliphatic heterocycles. The van der Waals surface area contributed by atoms with Crippen LogP contribution < -0.4 is 4.72 Å². The van der Waals surface area contributed by atoms with Gasteiger partial charge in [0.25, 0.3) is 0 Å². The van der Waals surface area contributed by atoms with Crippen molar-refractivity contribution >= 4 is 44.8 Å². The summed E-state index contributed by atoms with van der Waals surface area (Å²) < 4.78 is 32.3. The van der Waals surface area contributed by atoms with Gasteiger partial charge < -0.3 is 0 Å². The zero-order valence-electron chi connectivity index (χ0n) is 16.3. The lowest BCUT2D eigenvalue weighted by molar-refractivity contribution is 0.538. The highest BCUT2D eigenvalue weighted by Gasteiger charge is 2.26. The fraction of sp³-hybridized carbons (Fsp3) is 0.0909. The lowest BCUT2D eigenvalue weighted by Crippen LogP contribution is -2.32. The van der Waals surface area contributed by atoms with E-state index in [2.05, 4.69) is 37.5 Å². The minimum absolute atomic E-state index is 0.197. The number of halogens is 1. The van der Waals surface area contributed by atoms with Crippen LogP contribution in [0.25, 0.3) is 5.69 Å². The van der Waals surface area contributed by atoms with Gasteiger partial charge in [0.05, 0.1) is 10.9 Å². The number of aromatic amines is 1. The summed E-state index contributed by atoms with van der Waals surface area (Å²) in [5, 5.41) is 7.23. The number of aromatic nitrogens is 3. The van der Waals surface area contributed by atoms with Gasteiger partial charge in [0.2, 0.25) is 10.0 Å². The third kappa shape index (κ3) is 5.12. The zero-order valence-corrected chi connectivity index (χ0v) is 20.1. The average molecular weight is 562 g/mol. The van der Waals surface area contributed by atoms with Gasteiger partial charge in [-0.15, -0.1) is 0 Å². The van der Waals surface area contributed by atoms with E-state index in [0.717, 1.165) is 14.8 Å². The van der Waals surface area contributed by atoms with Crippen LogP contribution >= 0.6 is 34.8 Å². The van der Waals surface area contributed by atoms with Gasteiger partial charge in [-0.05, 0) is 83.2 Å². The minimum atomic E-state index is -3.78. The Morgan fingerprint density at radius 1 is 0.968 bits per heavy atom. The molecular weight excluding hydrogens is 543 g/mol. The van der Waals surface area contributed by atoms with Crippen molar-refractivity contribution < 1.29 is 8.42 Å². The fourth-order valence-corrected chi connectivity index (χ4v) is 5.09. The smallest absolute Gasteiger partial charge is 0.241 e. The normalized spacial score (nSPS) is 12.5. The molecule has 0 radical (unpaired) electrons. The van der Waals surface area contributed by atoms with Crippen molar-refractivity contribution in [1.29, 1.82) is 0 Å². The minimum Gasteiger partial charge on any atom is -0.271 e. The van der Waals surface area contributed by atoms with E-state index in [1.807, 2.05) is 54.6 Å². The molecular formula is C22H19IN4O2S2. The van der Waals surface area contributed by atoms with Gasteiger partial charge in [-0.25, -0.2) is 13.1 Å². The van der Waals surface area contributed by atoms with E-state index in [1.54, 1.807) is 34.9 Å². The van der Waals surface area contributed by atoms with Crippen LogP contribution in [0.2, 0.25) is 0 Å². The molecule has 1 heterocycles. The molecule has 6 nitrogen and oxygen atoms in total. The first-order valence-corrected chi connectivity index (χ1v) is 12.5. The summed E-state index contributed by atoms with van der Waals surface area (Å²) in [6, 6.07) is 25.2. The Hall–Kier alpha value is -2.34. The molecule has 0 amide bonds. The molecule has 0 aliphatic carbocycles. The molecule has 0 bridgehead atoms. The van der Waals surface area contributed by atoms with Gasteiger partial charge in [-0.1, -0.05) is 48.5 Å². The Labute approximate surface area is 199 Å². The van der Waals surface area contributed by atoms with E-state index in [4.69, 9.17) is 12.2 Å². The van der Waals surface area contributed by atoms with Crippen LogP contribution in [0, 0.1) is 8.34 Å². The van der Waals surface area contributed by atoms with Crippen molar-refractivity contribution in [1.82, 2.24) is 19.5 Å². The average Bonchev–Trinajstić information content (AvgIpc) is 3.16. The lowest BCUT2D eigenvalue weighted by atomic mass is 10.1. The molecule has 1 aromatic heterocycles. The maximum Gasteiger partial charge on any atom is 0.241 e. The molecule has 0 saturated heterocycles. The topological polar surface area (TPSA) is 79.8 Å². The van der Waals surface area contributed by atoms with Gasteiger partial charge in [0.1, 0.15) is 0 Å². The quantitative estimate of drug-likeness (QED) is 0.251. The first-order valence-electron chi connectivity index (χ1n) is 9.48. The van der Waals surface area contributed by atoms with Crippen LogP contribution in [-0.2, 0) is 16.4 Å². The zero-order chi connectivity index (χ0) is 21.8. The van der Waals surface area contributed by atoms with Crippen molar-refractivity contribution in [2.45, 2.75) is 17.4 Å². The molecule has 0 aliphatic rings. The number of sulfonamides is 1. The second-order valence-electron chi connectivity index (χ2n) is 6.88. The number of benzene rings is 3. The van der Waals surface area contributed by atoms with E-state index in [0.29, 0.717) is 17.0 Å². The van der Waals surface area contributed by atoms with Crippen LogP contribution in [0.4, 0.5) is 0 Å². The van der Waals surface area contributed by atoms with E-state index >= 15 is 0 Å². The summed E-state index contributed by atoms with van der Waals surface area (Å²) in [6.45, 7) is 0.